The number of hydrogen-bond acceptors (Lipinski definition) is 5. The van der Waals surface area contributed by atoms with Gasteiger partial charge in [0.25, 0.3) is 0 Å². The number of nitrogens with one attached hydrogen (secondary N) is 1. The maximum atomic E-state index is 13.5. The van der Waals surface area contributed by atoms with Gasteiger partial charge in [0.05, 0.1) is 12.3 Å². The number of aliphatic hydroxyl groups excluding tert-OH is 2. The van der Waals surface area contributed by atoms with Crippen LogP contribution in [0.5, 0.6) is 0 Å². The van der Waals surface area contributed by atoms with Crippen molar-refractivity contribution in [1.29, 1.82) is 0 Å². The van der Waals surface area contributed by atoms with Crippen LogP contribution >= 0.6 is 0 Å². The van der Waals surface area contributed by atoms with Crippen LogP contribution in [-0.4, -0.2) is 33.9 Å². The largest absolute Gasteiger partial charge is 0.445 e. The van der Waals surface area contributed by atoms with E-state index >= 15 is 0 Å². The van der Waals surface area contributed by atoms with Crippen molar-refractivity contribution in [3.05, 3.63) is 65.7 Å². The molecule has 0 saturated heterocycles. The number of alkyl carbamates (subject to hydrolysis) is 1. The molecule has 1 aromatic heterocycles. The fourth-order valence-electron chi connectivity index (χ4n) is 2.09. The van der Waals surface area contributed by atoms with Gasteiger partial charge in [-0.2, -0.15) is 0 Å². The Labute approximate surface area is 138 Å². The van der Waals surface area contributed by atoms with E-state index in [0.717, 1.165) is 11.8 Å². The lowest BCUT2D eigenvalue weighted by atomic mass is 10.0. The highest BCUT2D eigenvalue weighted by molar-refractivity contribution is 5.67. The number of amides is 1. The van der Waals surface area contributed by atoms with Crippen LogP contribution in [0.3, 0.4) is 0 Å². The molecular formula is C17H19FN2O4. The first kappa shape index (κ1) is 17.8. The summed E-state index contributed by atoms with van der Waals surface area (Å²) in [6, 6.07) is 10.5. The van der Waals surface area contributed by atoms with Crippen molar-refractivity contribution >= 4 is 6.09 Å². The summed E-state index contributed by atoms with van der Waals surface area (Å²) in [5.74, 6) is -0.695. The van der Waals surface area contributed by atoms with Gasteiger partial charge in [0.2, 0.25) is 0 Å². The summed E-state index contributed by atoms with van der Waals surface area (Å²) < 4.78 is 18.5. The van der Waals surface area contributed by atoms with Crippen LogP contribution in [0.2, 0.25) is 0 Å². The van der Waals surface area contributed by atoms with Crippen molar-refractivity contribution < 1.29 is 24.1 Å². The summed E-state index contributed by atoms with van der Waals surface area (Å²) in [6.07, 6.45) is -0.913. The minimum atomic E-state index is -1.39. The van der Waals surface area contributed by atoms with E-state index in [1.807, 2.05) is 30.3 Å². The predicted molar refractivity (Wildman–Crippen MR) is 84.4 cm³/mol. The van der Waals surface area contributed by atoms with Gasteiger partial charge < -0.3 is 20.3 Å². The molecule has 3 N–H and O–H groups in total. The second-order valence-corrected chi connectivity index (χ2v) is 5.19. The summed E-state index contributed by atoms with van der Waals surface area (Å²) in [4.78, 5) is 15.1. The number of pyridine rings is 1. The van der Waals surface area contributed by atoms with E-state index < -0.39 is 24.1 Å². The SMILES string of the molecule is O=C(NCCC(O)C(O)c1ccncc1F)OCc1ccccc1. The summed E-state index contributed by atoms with van der Waals surface area (Å²) in [5.41, 5.74) is 0.820. The first-order chi connectivity index (χ1) is 11.6. The van der Waals surface area contributed by atoms with E-state index in [1.165, 1.54) is 12.3 Å². The quantitative estimate of drug-likeness (QED) is 0.720. The first-order valence-electron chi connectivity index (χ1n) is 7.48. The van der Waals surface area contributed by atoms with Gasteiger partial charge in [0, 0.05) is 18.3 Å². The predicted octanol–water partition coefficient (Wildman–Crippen LogP) is 1.93. The number of aromatic nitrogens is 1. The Bertz CT molecular complexity index is 654. The number of carbonyl (C=O) groups excluding carboxylic acids is 1. The molecule has 2 aromatic rings. The molecule has 0 aliphatic heterocycles. The van der Waals surface area contributed by atoms with Gasteiger partial charge in [-0.3, -0.25) is 4.98 Å². The smallest absolute Gasteiger partial charge is 0.407 e. The van der Waals surface area contributed by atoms with Crippen molar-refractivity contribution in [3.63, 3.8) is 0 Å². The number of ether oxygens (including phenoxy) is 1. The average Bonchev–Trinajstić information content (AvgIpc) is 2.60. The average molecular weight is 334 g/mol. The van der Waals surface area contributed by atoms with Gasteiger partial charge in [-0.25, -0.2) is 9.18 Å². The van der Waals surface area contributed by atoms with E-state index in [-0.39, 0.29) is 25.1 Å². The maximum Gasteiger partial charge on any atom is 0.407 e. The van der Waals surface area contributed by atoms with Crippen LogP contribution in [0.4, 0.5) is 9.18 Å². The molecule has 0 aliphatic rings. The van der Waals surface area contributed by atoms with Crippen molar-refractivity contribution in [3.8, 4) is 0 Å². The lowest BCUT2D eigenvalue weighted by molar-refractivity contribution is 0.0115. The highest BCUT2D eigenvalue weighted by Gasteiger charge is 2.21. The highest BCUT2D eigenvalue weighted by atomic mass is 19.1. The van der Waals surface area contributed by atoms with Crippen molar-refractivity contribution in [2.24, 2.45) is 0 Å². The van der Waals surface area contributed by atoms with Crippen LogP contribution in [0.1, 0.15) is 23.7 Å². The van der Waals surface area contributed by atoms with Crippen LogP contribution in [0.25, 0.3) is 0 Å². The van der Waals surface area contributed by atoms with Gasteiger partial charge in [0.15, 0.2) is 0 Å². The highest BCUT2D eigenvalue weighted by Crippen LogP contribution is 2.20. The molecule has 2 rings (SSSR count). The van der Waals surface area contributed by atoms with E-state index in [9.17, 15) is 19.4 Å². The zero-order chi connectivity index (χ0) is 17.4. The van der Waals surface area contributed by atoms with Crippen LogP contribution in [0, 0.1) is 5.82 Å². The second-order valence-electron chi connectivity index (χ2n) is 5.19. The third kappa shape index (κ3) is 5.29. The van der Waals surface area contributed by atoms with Gasteiger partial charge in [-0.05, 0) is 18.1 Å². The van der Waals surface area contributed by atoms with Gasteiger partial charge in [-0.15, -0.1) is 0 Å². The Morgan fingerprint density at radius 2 is 2.00 bits per heavy atom. The number of halogens is 1. The standard InChI is InChI=1S/C17H19FN2O4/c18-14-10-19-8-6-13(14)16(22)15(21)7-9-20-17(23)24-11-12-4-2-1-3-5-12/h1-6,8,10,15-16,21-22H,7,9,11H2,(H,20,23). The normalized spacial score (nSPS) is 13.1. The Balaban J connectivity index is 1.71. The fourth-order valence-corrected chi connectivity index (χ4v) is 2.09. The molecule has 2 unspecified atom stereocenters. The molecule has 24 heavy (non-hydrogen) atoms. The Morgan fingerprint density at radius 1 is 1.25 bits per heavy atom. The number of benzene rings is 1. The zero-order valence-corrected chi connectivity index (χ0v) is 12.9. The summed E-state index contributed by atoms with van der Waals surface area (Å²) in [7, 11) is 0. The first-order valence-corrected chi connectivity index (χ1v) is 7.48. The lowest BCUT2D eigenvalue weighted by Crippen LogP contribution is -2.30. The second kappa shape index (κ2) is 8.95. The third-order valence-corrected chi connectivity index (χ3v) is 3.41. The van der Waals surface area contributed by atoms with Crippen molar-refractivity contribution in [1.82, 2.24) is 10.3 Å². The van der Waals surface area contributed by atoms with Gasteiger partial charge in [-0.1, -0.05) is 30.3 Å². The number of carbonyl (C=O) groups is 1. The Morgan fingerprint density at radius 3 is 2.71 bits per heavy atom. The molecule has 1 aromatic carbocycles. The van der Waals surface area contributed by atoms with Crippen molar-refractivity contribution in [2.75, 3.05) is 6.54 Å². The number of nitrogens with zero attached hydrogens (tertiary/aromatic N) is 1. The summed E-state index contributed by atoms with van der Waals surface area (Å²) >= 11 is 0. The van der Waals surface area contributed by atoms with E-state index in [2.05, 4.69) is 10.3 Å². The zero-order valence-electron chi connectivity index (χ0n) is 12.9. The van der Waals surface area contributed by atoms with E-state index in [0.29, 0.717) is 0 Å². The van der Waals surface area contributed by atoms with Crippen molar-refractivity contribution in [2.45, 2.75) is 25.2 Å². The molecule has 1 amide bonds. The van der Waals surface area contributed by atoms with E-state index in [1.54, 1.807) is 0 Å². The summed E-state index contributed by atoms with van der Waals surface area (Å²) in [5, 5.41) is 22.3. The molecule has 1 heterocycles. The molecule has 0 bridgehead atoms. The molecule has 0 aliphatic carbocycles. The molecule has 7 heteroatoms. The maximum absolute atomic E-state index is 13.5. The molecule has 6 nitrogen and oxygen atoms in total. The van der Waals surface area contributed by atoms with Crippen LogP contribution in [-0.2, 0) is 11.3 Å². The number of aliphatic hydroxyl groups is 2. The van der Waals surface area contributed by atoms with E-state index in [4.69, 9.17) is 4.74 Å². The molecule has 0 spiro atoms. The molecule has 0 saturated carbocycles. The number of hydrogen-bond donors (Lipinski definition) is 3. The summed E-state index contributed by atoms with van der Waals surface area (Å²) in [6.45, 7) is 0.221. The molecule has 0 fully saturated rings. The topological polar surface area (TPSA) is 91.7 Å². The van der Waals surface area contributed by atoms with Gasteiger partial charge >= 0.3 is 6.09 Å². The fraction of sp³-hybridized carbons (Fsp3) is 0.294. The third-order valence-electron chi connectivity index (χ3n) is 3.41. The van der Waals surface area contributed by atoms with Crippen LogP contribution < -0.4 is 5.32 Å². The minimum absolute atomic E-state index is 0.0378. The molecular weight excluding hydrogens is 315 g/mol. The molecule has 0 radical (unpaired) electrons. The van der Waals surface area contributed by atoms with Crippen LogP contribution in [0.15, 0.2) is 48.8 Å². The minimum Gasteiger partial charge on any atom is -0.445 e. The Kier molecular flexibility index (Phi) is 6.65. The monoisotopic (exact) mass is 334 g/mol. The Hall–Kier alpha value is -2.51. The molecule has 128 valence electrons. The lowest BCUT2D eigenvalue weighted by Gasteiger charge is -2.18. The number of rotatable bonds is 7. The van der Waals surface area contributed by atoms with Gasteiger partial charge in [0.1, 0.15) is 18.5 Å². The molecule has 2 atom stereocenters.